The Hall–Kier alpha value is -1.03. The van der Waals surface area contributed by atoms with Gasteiger partial charge in [0.1, 0.15) is 0 Å². The molecular weight excluding hydrogens is 164 g/mol. The van der Waals surface area contributed by atoms with Crippen LogP contribution in [0.25, 0.3) is 0 Å². The predicted molar refractivity (Wildman–Crippen MR) is 54.5 cm³/mol. The van der Waals surface area contributed by atoms with Crippen LogP contribution in [0.4, 0.5) is 5.95 Å². The summed E-state index contributed by atoms with van der Waals surface area (Å²) in [5.74, 6) is 0.890. The van der Waals surface area contributed by atoms with Gasteiger partial charge in [-0.2, -0.15) is 0 Å². The maximum absolute atomic E-state index is 5.62. The molecule has 0 spiro atoms. The Morgan fingerprint density at radius 2 is 2.31 bits per heavy atom. The molecule has 0 unspecified atom stereocenters. The zero-order valence-corrected chi connectivity index (χ0v) is 8.54. The molecule has 0 atom stereocenters. The molecule has 0 radical (unpaired) electrons. The van der Waals surface area contributed by atoms with Gasteiger partial charge in [0.25, 0.3) is 0 Å². The van der Waals surface area contributed by atoms with Crippen LogP contribution in [-0.2, 0) is 7.05 Å². The van der Waals surface area contributed by atoms with Crippen LogP contribution < -0.4 is 11.1 Å². The third-order valence-corrected chi connectivity index (χ3v) is 2.10. The van der Waals surface area contributed by atoms with Crippen LogP contribution in [0.2, 0.25) is 0 Å². The van der Waals surface area contributed by atoms with Gasteiger partial charge in [-0.1, -0.05) is 13.8 Å². The summed E-state index contributed by atoms with van der Waals surface area (Å²) in [5.41, 5.74) is 5.73. The molecule has 0 aliphatic carbocycles. The number of hydrogen-bond acceptors (Lipinski definition) is 3. The first-order valence-corrected chi connectivity index (χ1v) is 4.46. The van der Waals surface area contributed by atoms with Crippen molar-refractivity contribution in [2.75, 3.05) is 18.4 Å². The lowest BCUT2D eigenvalue weighted by atomic mass is 9.94. The molecule has 0 saturated heterocycles. The van der Waals surface area contributed by atoms with Gasteiger partial charge in [0, 0.05) is 26.0 Å². The van der Waals surface area contributed by atoms with E-state index in [2.05, 4.69) is 24.1 Å². The molecule has 0 amide bonds. The number of aromatic nitrogens is 2. The average molecular weight is 182 g/mol. The molecule has 13 heavy (non-hydrogen) atoms. The van der Waals surface area contributed by atoms with Crippen LogP contribution in [0.5, 0.6) is 0 Å². The van der Waals surface area contributed by atoms with Gasteiger partial charge in [-0.25, -0.2) is 4.98 Å². The normalized spacial score (nSPS) is 11.7. The predicted octanol–water partition coefficient (Wildman–Crippen LogP) is 0.817. The molecule has 0 saturated carbocycles. The maximum atomic E-state index is 5.62. The number of nitrogens with zero attached hydrogens (tertiary/aromatic N) is 2. The first kappa shape index (κ1) is 10.1. The fourth-order valence-corrected chi connectivity index (χ4v) is 0.926. The van der Waals surface area contributed by atoms with Gasteiger partial charge in [0.15, 0.2) is 0 Å². The van der Waals surface area contributed by atoms with Crippen molar-refractivity contribution in [2.45, 2.75) is 13.8 Å². The molecule has 0 aliphatic heterocycles. The van der Waals surface area contributed by atoms with E-state index in [-0.39, 0.29) is 5.41 Å². The van der Waals surface area contributed by atoms with Gasteiger partial charge in [-0.15, -0.1) is 0 Å². The number of rotatable bonds is 4. The summed E-state index contributed by atoms with van der Waals surface area (Å²) in [6.07, 6.45) is 3.69. The van der Waals surface area contributed by atoms with E-state index >= 15 is 0 Å². The van der Waals surface area contributed by atoms with Crippen molar-refractivity contribution in [1.82, 2.24) is 9.55 Å². The lowest BCUT2D eigenvalue weighted by Crippen LogP contribution is -2.31. The van der Waals surface area contributed by atoms with E-state index < -0.39 is 0 Å². The van der Waals surface area contributed by atoms with E-state index in [1.807, 2.05) is 17.8 Å². The molecule has 1 aromatic rings. The lowest BCUT2D eigenvalue weighted by Gasteiger charge is -2.22. The third-order valence-electron chi connectivity index (χ3n) is 2.10. The SMILES string of the molecule is Cn1ccnc1NCC(C)(C)CN. The first-order valence-electron chi connectivity index (χ1n) is 4.46. The molecule has 4 nitrogen and oxygen atoms in total. The van der Waals surface area contributed by atoms with E-state index in [1.54, 1.807) is 6.20 Å². The highest BCUT2D eigenvalue weighted by atomic mass is 15.2. The number of nitrogens with one attached hydrogen (secondary N) is 1. The standard InChI is InChI=1S/C9H18N4/c1-9(2,6-10)7-12-8-11-4-5-13(8)3/h4-5H,6-7,10H2,1-3H3,(H,11,12). The number of nitrogens with two attached hydrogens (primary N) is 1. The van der Waals surface area contributed by atoms with Crippen molar-refractivity contribution in [3.63, 3.8) is 0 Å². The average Bonchev–Trinajstić information content (AvgIpc) is 2.48. The van der Waals surface area contributed by atoms with Crippen LogP contribution in [0, 0.1) is 5.41 Å². The zero-order valence-electron chi connectivity index (χ0n) is 8.54. The largest absolute Gasteiger partial charge is 0.355 e. The van der Waals surface area contributed by atoms with Gasteiger partial charge in [-0.05, 0) is 12.0 Å². The highest BCUT2D eigenvalue weighted by Crippen LogP contribution is 2.13. The highest BCUT2D eigenvalue weighted by molar-refractivity contribution is 5.25. The van der Waals surface area contributed by atoms with Crippen molar-refractivity contribution in [3.8, 4) is 0 Å². The van der Waals surface area contributed by atoms with Crippen molar-refractivity contribution in [3.05, 3.63) is 12.4 Å². The fraction of sp³-hybridized carbons (Fsp3) is 0.667. The molecule has 3 N–H and O–H groups in total. The summed E-state index contributed by atoms with van der Waals surface area (Å²) in [7, 11) is 1.96. The molecule has 0 bridgehead atoms. The monoisotopic (exact) mass is 182 g/mol. The summed E-state index contributed by atoms with van der Waals surface area (Å²) in [4.78, 5) is 4.16. The minimum atomic E-state index is 0.117. The summed E-state index contributed by atoms with van der Waals surface area (Å²) >= 11 is 0. The Balaban J connectivity index is 2.48. The van der Waals surface area contributed by atoms with Gasteiger partial charge >= 0.3 is 0 Å². The second-order valence-corrected chi connectivity index (χ2v) is 4.08. The van der Waals surface area contributed by atoms with Crippen LogP contribution in [0.15, 0.2) is 12.4 Å². The molecule has 0 aromatic carbocycles. The second kappa shape index (κ2) is 3.79. The summed E-state index contributed by atoms with van der Waals surface area (Å²) in [6, 6.07) is 0. The van der Waals surface area contributed by atoms with Crippen LogP contribution in [0.1, 0.15) is 13.8 Å². The molecule has 1 heterocycles. The summed E-state index contributed by atoms with van der Waals surface area (Å²) in [5, 5.41) is 3.26. The summed E-state index contributed by atoms with van der Waals surface area (Å²) < 4.78 is 1.95. The summed E-state index contributed by atoms with van der Waals surface area (Å²) in [6.45, 7) is 5.77. The van der Waals surface area contributed by atoms with Crippen molar-refractivity contribution in [1.29, 1.82) is 0 Å². The van der Waals surface area contributed by atoms with Crippen molar-refractivity contribution < 1.29 is 0 Å². The molecule has 1 rings (SSSR count). The van der Waals surface area contributed by atoms with Gasteiger partial charge in [0.2, 0.25) is 5.95 Å². The van der Waals surface area contributed by atoms with Crippen LogP contribution in [-0.4, -0.2) is 22.6 Å². The van der Waals surface area contributed by atoms with Gasteiger partial charge < -0.3 is 15.6 Å². The lowest BCUT2D eigenvalue weighted by molar-refractivity contribution is 0.404. The molecule has 1 aromatic heterocycles. The molecule has 0 fully saturated rings. The zero-order chi connectivity index (χ0) is 9.90. The van der Waals surface area contributed by atoms with E-state index in [0.29, 0.717) is 6.54 Å². The molecular formula is C9H18N4. The van der Waals surface area contributed by atoms with E-state index in [1.165, 1.54) is 0 Å². The minimum Gasteiger partial charge on any atom is -0.355 e. The Morgan fingerprint density at radius 1 is 1.62 bits per heavy atom. The third kappa shape index (κ3) is 2.73. The Morgan fingerprint density at radius 3 is 2.77 bits per heavy atom. The van der Waals surface area contributed by atoms with E-state index in [0.717, 1.165) is 12.5 Å². The maximum Gasteiger partial charge on any atom is 0.202 e. The number of anilines is 1. The fourth-order valence-electron chi connectivity index (χ4n) is 0.926. The van der Waals surface area contributed by atoms with Gasteiger partial charge in [0.05, 0.1) is 0 Å². The Bertz CT molecular complexity index is 264. The second-order valence-electron chi connectivity index (χ2n) is 4.08. The first-order chi connectivity index (χ1) is 6.05. The number of hydrogen-bond donors (Lipinski definition) is 2. The van der Waals surface area contributed by atoms with E-state index in [4.69, 9.17) is 5.73 Å². The van der Waals surface area contributed by atoms with Crippen LogP contribution in [0.3, 0.4) is 0 Å². The molecule has 0 aliphatic rings. The van der Waals surface area contributed by atoms with Crippen LogP contribution >= 0.6 is 0 Å². The molecule has 4 heteroatoms. The number of imidazole rings is 1. The number of aryl methyl sites for hydroxylation is 1. The Kier molecular flexibility index (Phi) is 2.93. The minimum absolute atomic E-state index is 0.117. The molecule has 74 valence electrons. The Labute approximate surface area is 79.1 Å². The van der Waals surface area contributed by atoms with E-state index in [9.17, 15) is 0 Å². The van der Waals surface area contributed by atoms with Gasteiger partial charge in [-0.3, -0.25) is 0 Å². The van der Waals surface area contributed by atoms with Crippen molar-refractivity contribution >= 4 is 5.95 Å². The van der Waals surface area contributed by atoms with Crippen molar-refractivity contribution in [2.24, 2.45) is 18.2 Å². The highest BCUT2D eigenvalue weighted by Gasteiger charge is 2.15. The smallest absolute Gasteiger partial charge is 0.202 e. The topological polar surface area (TPSA) is 55.9 Å². The quantitative estimate of drug-likeness (QED) is 0.724.